The van der Waals surface area contributed by atoms with Gasteiger partial charge in [0.25, 0.3) is 0 Å². The van der Waals surface area contributed by atoms with Crippen molar-refractivity contribution < 1.29 is 0 Å². The number of hydrogen-bond acceptors (Lipinski definition) is 0. The van der Waals surface area contributed by atoms with Crippen LogP contribution in [0.4, 0.5) is 0 Å². The molecule has 0 aromatic carbocycles. The van der Waals surface area contributed by atoms with Gasteiger partial charge in [-0.25, -0.2) is 5.32 Å². The van der Waals surface area contributed by atoms with E-state index in [-0.39, 0.29) is 12.4 Å². The van der Waals surface area contributed by atoms with Crippen LogP contribution in [-0.4, -0.2) is 13.1 Å². The maximum absolute atomic E-state index is 4.18. The molecule has 0 aliphatic carbocycles. The standard InChI is InChI=1S/C5H10N.ClH/c1-2-4-6-5-3-1;/h1-5H2;1H. The summed E-state index contributed by atoms with van der Waals surface area (Å²) in [4.78, 5) is 0. The summed E-state index contributed by atoms with van der Waals surface area (Å²) in [7, 11) is 0. The highest BCUT2D eigenvalue weighted by Gasteiger charge is 1.95. The van der Waals surface area contributed by atoms with Gasteiger partial charge in [0.1, 0.15) is 0 Å². The largest absolute Gasteiger partial charge is 0.242 e. The molecule has 1 rings (SSSR count). The first-order chi connectivity index (χ1) is 3.00. The van der Waals surface area contributed by atoms with E-state index in [1.807, 2.05) is 0 Å². The molecular formula is C5H11ClN. The Bertz CT molecular complexity index is 23.6. The molecule has 1 aliphatic rings. The SMILES string of the molecule is C1CC[N]CC1.Cl. The molecule has 0 aromatic rings. The van der Waals surface area contributed by atoms with Crippen LogP contribution in [0.1, 0.15) is 19.3 Å². The minimum Gasteiger partial charge on any atom is -0.242 e. The highest BCUT2D eigenvalue weighted by atomic mass is 35.5. The molecule has 1 aliphatic heterocycles. The normalized spacial score (nSPS) is 20.6. The first-order valence-corrected chi connectivity index (χ1v) is 2.63. The molecule has 1 fully saturated rings. The van der Waals surface area contributed by atoms with Crippen LogP contribution in [0.3, 0.4) is 0 Å². The van der Waals surface area contributed by atoms with E-state index in [4.69, 9.17) is 0 Å². The van der Waals surface area contributed by atoms with E-state index in [2.05, 4.69) is 5.32 Å². The average Bonchev–Trinajstić information content (AvgIpc) is 1.72. The first-order valence-electron chi connectivity index (χ1n) is 2.63. The predicted molar refractivity (Wildman–Crippen MR) is 33.0 cm³/mol. The number of hydrogen-bond donors (Lipinski definition) is 0. The molecule has 1 saturated heterocycles. The highest BCUT2D eigenvalue weighted by Crippen LogP contribution is 1.98. The fraction of sp³-hybridized carbons (Fsp3) is 1.00. The van der Waals surface area contributed by atoms with Crippen molar-refractivity contribution in [1.82, 2.24) is 5.32 Å². The summed E-state index contributed by atoms with van der Waals surface area (Å²) >= 11 is 0. The van der Waals surface area contributed by atoms with Crippen molar-refractivity contribution in [1.29, 1.82) is 0 Å². The van der Waals surface area contributed by atoms with Gasteiger partial charge >= 0.3 is 0 Å². The third kappa shape index (κ3) is 2.89. The van der Waals surface area contributed by atoms with Gasteiger partial charge < -0.3 is 0 Å². The molecule has 2 heteroatoms. The smallest absolute Gasteiger partial charge is 0.0133 e. The maximum atomic E-state index is 4.18. The van der Waals surface area contributed by atoms with E-state index in [9.17, 15) is 0 Å². The van der Waals surface area contributed by atoms with Gasteiger partial charge in [-0.1, -0.05) is 6.42 Å². The lowest BCUT2D eigenvalue weighted by molar-refractivity contribution is 0.511. The summed E-state index contributed by atoms with van der Waals surface area (Å²) in [6, 6.07) is 0. The van der Waals surface area contributed by atoms with E-state index < -0.39 is 0 Å². The molecule has 1 nitrogen and oxygen atoms in total. The summed E-state index contributed by atoms with van der Waals surface area (Å²) in [5.74, 6) is 0. The number of nitrogens with zero attached hydrogens (tertiary/aromatic N) is 1. The van der Waals surface area contributed by atoms with Crippen molar-refractivity contribution in [3.63, 3.8) is 0 Å². The third-order valence-electron chi connectivity index (χ3n) is 1.13. The van der Waals surface area contributed by atoms with Crippen LogP contribution in [-0.2, 0) is 0 Å². The van der Waals surface area contributed by atoms with Gasteiger partial charge in [0.2, 0.25) is 0 Å². The second-order valence-corrected chi connectivity index (χ2v) is 1.73. The summed E-state index contributed by atoms with van der Waals surface area (Å²) in [5.41, 5.74) is 0. The molecule has 0 saturated carbocycles. The molecule has 0 aromatic heterocycles. The summed E-state index contributed by atoms with van der Waals surface area (Å²) in [5, 5.41) is 4.18. The van der Waals surface area contributed by atoms with Crippen LogP contribution >= 0.6 is 12.4 Å². The van der Waals surface area contributed by atoms with Gasteiger partial charge in [0, 0.05) is 13.1 Å². The monoisotopic (exact) mass is 120 g/mol. The summed E-state index contributed by atoms with van der Waals surface area (Å²) in [6.07, 6.45) is 4.07. The second-order valence-electron chi connectivity index (χ2n) is 1.73. The fourth-order valence-corrected chi connectivity index (χ4v) is 0.736. The van der Waals surface area contributed by atoms with Crippen LogP contribution in [0, 0.1) is 0 Å². The molecular weight excluding hydrogens is 110 g/mol. The minimum absolute atomic E-state index is 0. The van der Waals surface area contributed by atoms with E-state index in [1.54, 1.807) is 0 Å². The third-order valence-corrected chi connectivity index (χ3v) is 1.13. The van der Waals surface area contributed by atoms with Crippen molar-refractivity contribution in [3.05, 3.63) is 0 Å². The van der Waals surface area contributed by atoms with E-state index in [1.165, 1.54) is 19.3 Å². The average molecular weight is 121 g/mol. The summed E-state index contributed by atoms with van der Waals surface area (Å²) < 4.78 is 0. The Hall–Kier alpha value is 0.250. The molecule has 1 radical (unpaired) electrons. The molecule has 43 valence electrons. The number of piperidine rings is 1. The van der Waals surface area contributed by atoms with Crippen molar-refractivity contribution >= 4 is 12.4 Å². The molecule has 7 heavy (non-hydrogen) atoms. The van der Waals surface area contributed by atoms with Gasteiger partial charge in [-0.2, -0.15) is 0 Å². The van der Waals surface area contributed by atoms with Gasteiger partial charge in [-0.15, -0.1) is 12.4 Å². The minimum atomic E-state index is 0. The lowest BCUT2D eigenvalue weighted by Gasteiger charge is -2.06. The van der Waals surface area contributed by atoms with Crippen LogP contribution in [0.25, 0.3) is 0 Å². The molecule has 1 heterocycles. The molecule has 0 atom stereocenters. The molecule has 0 amide bonds. The number of halogens is 1. The quantitative estimate of drug-likeness (QED) is 0.456. The van der Waals surface area contributed by atoms with Crippen LogP contribution in [0.15, 0.2) is 0 Å². The Morgan fingerprint density at radius 3 is 1.57 bits per heavy atom. The Labute approximate surface area is 50.9 Å². The summed E-state index contributed by atoms with van der Waals surface area (Å²) in [6.45, 7) is 2.25. The van der Waals surface area contributed by atoms with E-state index in [0.717, 1.165) is 13.1 Å². The highest BCUT2D eigenvalue weighted by molar-refractivity contribution is 5.85. The lowest BCUT2D eigenvalue weighted by Crippen LogP contribution is -2.13. The van der Waals surface area contributed by atoms with E-state index >= 15 is 0 Å². The zero-order valence-corrected chi connectivity index (χ0v) is 5.21. The zero-order chi connectivity index (χ0) is 4.24. The van der Waals surface area contributed by atoms with Crippen LogP contribution in [0.2, 0.25) is 0 Å². The van der Waals surface area contributed by atoms with Crippen molar-refractivity contribution in [3.8, 4) is 0 Å². The molecule has 0 unspecified atom stereocenters. The van der Waals surface area contributed by atoms with Gasteiger partial charge in [0.15, 0.2) is 0 Å². The molecule has 0 spiro atoms. The number of rotatable bonds is 0. The Morgan fingerprint density at radius 2 is 1.43 bits per heavy atom. The maximum Gasteiger partial charge on any atom is 0.0133 e. The van der Waals surface area contributed by atoms with Crippen molar-refractivity contribution in [2.75, 3.05) is 13.1 Å². The predicted octanol–water partition coefficient (Wildman–Crippen LogP) is 1.20. The fourth-order valence-electron chi connectivity index (χ4n) is 0.736. The van der Waals surface area contributed by atoms with Gasteiger partial charge in [-0.3, -0.25) is 0 Å². The first kappa shape index (κ1) is 7.25. The zero-order valence-electron chi connectivity index (χ0n) is 4.39. The lowest BCUT2D eigenvalue weighted by atomic mass is 10.2. The van der Waals surface area contributed by atoms with Crippen LogP contribution < -0.4 is 5.32 Å². The van der Waals surface area contributed by atoms with Crippen molar-refractivity contribution in [2.45, 2.75) is 19.3 Å². The Balaban J connectivity index is 0.000000360. The Kier molecular flexibility index (Phi) is 4.57. The second kappa shape index (κ2) is 4.41. The Morgan fingerprint density at radius 1 is 0.857 bits per heavy atom. The molecule has 0 N–H and O–H groups in total. The van der Waals surface area contributed by atoms with Crippen LogP contribution in [0.5, 0.6) is 0 Å². The van der Waals surface area contributed by atoms with Gasteiger partial charge in [-0.05, 0) is 12.8 Å². The van der Waals surface area contributed by atoms with Gasteiger partial charge in [0.05, 0.1) is 0 Å². The topological polar surface area (TPSA) is 14.1 Å². The van der Waals surface area contributed by atoms with Crippen molar-refractivity contribution in [2.24, 2.45) is 0 Å². The molecule has 0 bridgehead atoms. The van der Waals surface area contributed by atoms with E-state index in [0.29, 0.717) is 0 Å².